The van der Waals surface area contributed by atoms with Gasteiger partial charge >= 0.3 is 0 Å². The number of rotatable bonds is 2. The van der Waals surface area contributed by atoms with Crippen LogP contribution in [0.5, 0.6) is 0 Å². The summed E-state index contributed by atoms with van der Waals surface area (Å²) in [4.78, 5) is 0. The summed E-state index contributed by atoms with van der Waals surface area (Å²) in [5.41, 5.74) is 4.06. The second-order valence-corrected chi connectivity index (χ2v) is 3.25. The predicted octanol–water partition coefficient (Wildman–Crippen LogP) is 3.81. The van der Waals surface area contributed by atoms with Gasteiger partial charge in [-0.3, -0.25) is 0 Å². The first-order chi connectivity index (χ1) is 5.72. The van der Waals surface area contributed by atoms with E-state index in [-0.39, 0.29) is 0 Å². The lowest BCUT2D eigenvalue weighted by atomic mass is 10.1. The molecule has 1 aromatic rings. The van der Waals surface area contributed by atoms with Crippen molar-refractivity contribution in [2.24, 2.45) is 0 Å². The van der Waals surface area contributed by atoms with Crippen LogP contribution < -0.4 is 0 Å². The van der Waals surface area contributed by atoms with Crippen molar-refractivity contribution in [2.75, 3.05) is 0 Å². The molecule has 0 heterocycles. The van der Waals surface area contributed by atoms with Gasteiger partial charge in [-0.15, -0.1) is 0 Å². The monoisotopic (exact) mass is 160 g/mol. The molecule has 0 N–H and O–H groups in total. The van der Waals surface area contributed by atoms with Gasteiger partial charge in [0.2, 0.25) is 0 Å². The average molecular weight is 160 g/mol. The molecule has 0 aliphatic rings. The topological polar surface area (TPSA) is 0 Å². The first-order valence-electron chi connectivity index (χ1n) is 4.46. The molecule has 0 saturated carbocycles. The molecule has 0 aliphatic heterocycles. The summed E-state index contributed by atoms with van der Waals surface area (Å²) in [6, 6.07) is 8.62. The van der Waals surface area contributed by atoms with Crippen LogP contribution in [0.4, 0.5) is 0 Å². The Balaban J connectivity index is 2.84. The van der Waals surface area contributed by atoms with Gasteiger partial charge in [0.25, 0.3) is 0 Å². The van der Waals surface area contributed by atoms with Crippen LogP contribution in [0.15, 0.2) is 29.8 Å². The Hall–Kier alpha value is -1.04. The summed E-state index contributed by atoms with van der Waals surface area (Å²) in [7, 11) is 0. The maximum atomic E-state index is 2.24. The summed E-state index contributed by atoms with van der Waals surface area (Å²) in [6.07, 6.45) is 3.37. The van der Waals surface area contributed by atoms with Crippen LogP contribution in [0, 0.1) is 6.92 Å². The Morgan fingerprint density at radius 2 is 1.83 bits per heavy atom. The first-order valence-corrected chi connectivity index (χ1v) is 4.46. The van der Waals surface area contributed by atoms with Crippen molar-refractivity contribution in [1.82, 2.24) is 0 Å². The molecule has 0 nitrogen and oxygen atoms in total. The molecule has 1 aromatic carbocycles. The standard InChI is InChI=1S/C12H16/c1-4-10(2)9-12-7-5-11(3)6-8-12/h5-9H,4H2,1-3H3. The van der Waals surface area contributed by atoms with Crippen LogP contribution in [-0.4, -0.2) is 0 Å². The second-order valence-electron chi connectivity index (χ2n) is 3.25. The molecule has 0 amide bonds. The lowest BCUT2D eigenvalue weighted by Crippen LogP contribution is -1.76. The molecule has 0 radical (unpaired) electrons. The van der Waals surface area contributed by atoms with E-state index < -0.39 is 0 Å². The first kappa shape index (κ1) is 9.05. The highest BCUT2D eigenvalue weighted by Gasteiger charge is 1.88. The number of hydrogen-bond acceptors (Lipinski definition) is 0. The van der Waals surface area contributed by atoms with Gasteiger partial charge in [-0.25, -0.2) is 0 Å². The third kappa shape index (κ3) is 2.54. The number of benzene rings is 1. The highest BCUT2D eigenvalue weighted by atomic mass is 13.9. The fourth-order valence-corrected chi connectivity index (χ4v) is 1.05. The fourth-order valence-electron chi connectivity index (χ4n) is 1.05. The van der Waals surface area contributed by atoms with Gasteiger partial charge in [0, 0.05) is 0 Å². The Morgan fingerprint density at radius 3 is 2.33 bits per heavy atom. The Bertz CT molecular complexity index is 265. The van der Waals surface area contributed by atoms with Crippen molar-refractivity contribution in [3.8, 4) is 0 Å². The van der Waals surface area contributed by atoms with Gasteiger partial charge in [0.05, 0.1) is 0 Å². The normalized spacial score (nSPS) is 11.8. The van der Waals surface area contributed by atoms with Crippen LogP contribution in [0.1, 0.15) is 31.4 Å². The Morgan fingerprint density at radius 1 is 1.25 bits per heavy atom. The van der Waals surface area contributed by atoms with E-state index in [2.05, 4.69) is 51.1 Å². The molecule has 0 aliphatic carbocycles. The molecule has 0 fully saturated rings. The van der Waals surface area contributed by atoms with Crippen LogP contribution in [0.2, 0.25) is 0 Å². The zero-order valence-corrected chi connectivity index (χ0v) is 8.09. The lowest BCUT2D eigenvalue weighted by molar-refractivity contribution is 1.11. The van der Waals surface area contributed by atoms with Crippen LogP contribution in [0.25, 0.3) is 6.08 Å². The maximum absolute atomic E-state index is 2.24. The molecule has 0 atom stereocenters. The molecular weight excluding hydrogens is 144 g/mol. The van der Waals surface area contributed by atoms with E-state index in [1.807, 2.05) is 0 Å². The SMILES string of the molecule is CCC(C)=Cc1ccc(C)cc1. The lowest BCUT2D eigenvalue weighted by Gasteiger charge is -1.97. The van der Waals surface area contributed by atoms with Crippen LogP contribution in [0.3, 0.4) is 0 Å². The van der Waals surface area contributed by atoms with Crippen molar-refractivity contribution >= 4 is 6.08 Å². The van der Waals surface area contributed by atoms with Crippen molar-refractivity contribution in [3.63, 3.8) is 0 Å². The van der Waals surface area contributed by atoms with E-state index in [4.69, 9.17) is 0 Å². The summed E-state index contributed by atoms with van der Waals surface area (Å²) >= 11 is 0. The Kier molecular flexibility index (Phi) is 3.09. The highest BCUT2D eigenvalue weighted by Crippen LogP contribution is 2.09. The molecule has 0 aromatic heterocycles. The summed E-state index contributed by atoms with van der Waals surface area (Å²) in [5.74, 6) is 0. The third-order valence-electron chi connectivity index (χ3n) is 2.05. The van der Waals surface area contributed by atoms with Crippen LogP contribution in [-0.2, 0) is 0 Å². The molecule has 0 spiro atoms. The minimum absolute atomic E-state index is 1.13. The Labute approximate surface area is 74.9 Å². The zero-order valence-electron chi connectivity index (χ0n) is 8.09. The predicted molar refractivity (Wildman–Crippen MR) is 55.1 cm³/mol. The number of allylic oxidation sites excluding steroid dienone is 1. The van der Waals surface area contributed by atoms with E-state index in [0.29, 0.717) is 0 Å². The van der Waals surface area contributed by atoms with Crippen LogP contribution >= 0.6 is 0 Å². The van der Waals surface area contributed by atoms with Gasteiger partial charge in [0.1, 0.15) is 0 Å². The molecule has 0 bridgehead atoms. The van der Waals surface area contributed by atoms with Crippen molar-refractivity contribution in [2.45, 2.75) is 27.2 Å². The fraction of sp³-hybridized carbons (Fsp3) is 0.333. The molecule has 0 heteroatoms. The van der Waals surface area contributed by atoms with Gasteiger partial charge in [-0.1, -0.05) is 48.4 Å². The third-order valence-corrected chi connectivity index (χ3v) is 2.05. The van der Waals surface area contributed by atoms with Gasteiger partial charge in [-0.2, -0.15) is 0 Å². The summed E-state index contributed by atoms with van der Waals surface area (Å²) in [6.45, 7) is 6.46. The second kappa shape index (κ2) is 4.10. The van der Waals surface area contributed by atoms with E-state index in [1.54, 1.807) is 0 Å². The minimum Gasteiger partial charge on any atom is -0.0730 e. The van der Waals surface area contributed by atoms with Gasteiger partial charge in [0.15, 0.2) is 0 Å². The summed E-state index contributed by atoms with van der Waals surface area (Å²) < 4.78 is 0. The van der Waals surface area contributed by atoms with E-state index in [1.165, 1.54) is 16.7 Å². The van der Waals surface area contributed by atoms with Crippen molar-refractivity contribution in [1.29, 1.82) is 0 Å². The number of aryl methyl sites for hydroxylation is 1. The van der Waals surface area contributed by atoms with Gasteiger partial charge in [-0.05, 0) is 25.8 Å². The maximum Gasteiger partial charge on any atom is -0.0257 e. The van der Waals surface area contributed by atoms with Gasteiger partial charge < -0.3 is 0 Å². The number of hydrogen-bond donors (Lipinski definition) is 0. The highest BCUT2D eigenvalue weighted by molar-refractivity contribution is 5.52. The molecule has 0 unspecified atom stereocenters. The molecule has 0 saturated heterocycles. The van der Waals surface area contributed by atoms with Crippen molar-refractivity contribution in [3.05, 3.63) is 41.0 Å². The van der Waals surface area contributed by atoms with E-state index >= 15 is 0 Å². The molecule has 1 rings (SSSR count). The molecular formula is C12H16. The molecule has 64 valence electrons. The van der Waals surface area contributed by atoms with E-state index in [0.717, 1.165) is 6.42 Å². The van der Waals surface area contributed by atoms with E-state index in [9.17, 15) is 0 Å². The largest absolute Gasteiger partial charge is 0.0730 e. The minimum atomic E-state index is 1.13. The zero-order chi connectivity index (χ0) is 8.97. The summed E-state index contributed by atoms with van der Waals surface area (Å²) in [5, 5.41) is 0. The van der Waals surface area contributed by atoms with Crippen molar-refractivity contribution < 1.29 is 0 Å². The smallest absolute Gasteiger partial charge is 0.0257 e. The quantitative estimate of drug-likeness (QED) is 0.617. The average Bonchev–Trinajstić information content (AvgIpc) is 2.09. The molecule has 12 heavy (non-hydrogen) atoms.